The first-order chi connectivity index (χ1) is 24.7. The molecule has 14 atom stereocenters. The molecule has 0 aromatic rings. The molecule has 9 fully saturated rings. The van der Waals surface area contributed by atoms with E-state index in [4.69, 9.17) is 24.7 Å². The highest BCUT2D eigenvalue weighted by Gasteiger charge is 2.85. The Morgan fingerprint density at radius 3 is 2.35 bits per heavy atom. The van der Waals surface area contributed by atoms with Crippen LogP contribution >= 0.6 is 0 Å². The molecular weight excluding hydrogens is 656 g/mol. The Balaban J connectivity index is 0.908. The normalized spacial score (nSPS) is 50.1. The van der Waals surface area contributed by atoms with Gasteiger partial charge in [-0.05, 0) is 129 Å². The first-order valence-electron chi connectivity index (χ1n) is 21.5. The van der Waals surface area contributed by atoms with Crippen molar-refractivity contribution in [2.45, 2.75) is 148 Å². The fraction of sp³-hybridized carbons (Fsp3) is 0.976. The smallest absolute Gasteiger partial charge is 0.410 e. The number of carbonyl (C=O) groups excluding carboxylic acids is 1. The van der Waals surface area contributed by atoms with Gasteiger partial charge in [0.05, 0.1) is 36.6 Å². The number of amides is 1. The minimum absolute atomic E-state index is 0.0466. The van der Waals surface area contributed by atoms with Gasteiger partial charge in [0.1, 0.15) is 6.10 Å². The molecule has 0 aromatic carbocycles. The number of aliphatic hydroxyl groups is 1. The summed E-state index contributed by atoms with van der Waals surface area (Å²) in [6, 6.07) is 0. The van der Waals surface area contributed by atoms with Crippen LogP contribution in [0.2, 0.25) is 0 Å². The van der Waals surface area contributed by atoms with E-state index in [0.29, 0.717) is 11.8 Å². The van der Waals surface area contributed by atoms with Crippen molar-refractivity contribution in [1.82, 2.24) is 14.7 Å². The van der Waals surface area contributed by atoms with Crippen LogP contribution in [0.4, 0.5) is 4.79 Å². The van der Waals surface area contributed by atoms with E-state index in [1.54, 1.807) is 4.90 Å². The van der Waals surface area contributed by atoms with E-state index in [2.05, 4.69) is 51.3 Å². The number of nitrogens with zero attached hydrogens (tertiary/aromatic N) is 3. The summed E-state index contributed by atoms with van der Waals surface area (Å²) in [5.74, 6) is 1.49. The number of carbonyl (C=O) groups is 1. The highest BCUT2D eigenvalue weighted by atomic mass is 16.7. The number of hydrogen-bond acceptors (Lipinski definition) is 9. The predicted octanol–water partition coefficient (Wildman–Crippen LogP) is 5.11. The van der Waals surface area contributed by atoms with E-state index >= 15 is 0 Å². The molecule has 5 aliphatic carbocycles. The standard InChI is InChI=1S/C42H70N4O6/c1-26(2)34(52-37(48)46-17-8-18-46)28-23-27(3)33-35(50-28)36(47)42(43)30-10-9-29-38(4,5)31(11-12-40(29)25-41(30,40)14-13-39(33,42)6)51-32-24-45(21-22-49-32)20-19-44-15-7-16-44/h26-36,47H,7-25,43H2,1-6H3. The van der Waals surface area contributed by atoms with Gasteiger partial charge in [0.15, 0.2) is 6.29 Å². The molecule has 0 aromatic heterocycles. The second kappa shape index (κ2) is 12.8. The Morgan fingerprint density at radius 2 is 1.65 bits per heavy atom. The van der Waals surface area contributed by atoms with Gasteiger partial charge in [-0.3, -0.25) is 4.90 Å². The summed E-state index contributed by atoms with van der Waals surface area (Å²) in [4.78, 5) is 19.9. The van der Waals surface area contributed by atoms with Crippen molar-refractivity contribution in [3.8, 4) is 0 Å². The maximum absolute atomic E-state index is 13.0. The highest BCUT2D eigenvalue weighted by molar-refractivity contribution is 5.68. The summed E-state index contributed by atoms with van der Waals surface area (Å²) in [5.41, 5.74) is 7.50. The number of fused-ring (bicyclic) bond motifs is 4. The molecular formula is C42H70N4O6. The van der Waals surface area contributed by atoms with Crippen molar-refractivity contribution < 1.29 is 28.8 Å². The molecule has 4 heterocycles. The number of aliphatic hydroxyl groups excluding tert-OH is 1. The van der Waals surface area contributed by atoms with Gasteiger partial charge in [0.2, 0.25) is 0 Å². The topological polar surface area (TPSA) is 110 Å². The molecule has 14 unspecified atom stereocenters. The van der Waals surface area contributed by atoms with Gasteiger partial charge in [0.25, 0.3) is 0 Å². The predicted molar refractivity (Wildman–Crippen MR) is 198 cm³/mol. The Hall–Kier alpha value is -1.01. The van der Waals surface area contributed by atoms with Crippen LogP contribution in [0.3, 0.4) is 0 Å². The van der Waals surface area contributed by atoms with Crippen LogP contribution in [0.5, 0.6) is 0 Å². The molecule has 3 N–H and O–H groups in total. The van der Waals surface area contributed by atoms with E-state index in [9.17, 15) is 9.90 Å². The van der Waals surface area contributed by atoms with E-state index in [-0.39, 0.29) is 76.2 Å². The first kappa shape index (κ1) is 36.6. The lowest BCUT2D eigenvalue weighted by molar-refractivity contribution is -0.246. The Morgan fingerprint density at radius 1 is 0.942 bits per heavy atom. The second-order valence-electron chi connectivity index (χ2n) is 20.6. The second-order valence-corrected chi connectivity index (χ2v) is 20.6. The Bertz CT molecular complexity index is 1370. The van der Waals surface area contributed by atoms with Crippen molar-refractivity contribution in [2.75, 3.05) is 59.0 Å². The molecule has 9 rings (SSSR count). The molecule has 1 amide bonds. The fourth-order valence-electron chi connectivity index (χ4n) is 14.8. The van der Waals surface area contributed by atoms with Crippen LogP contribution in [0, 0.1) is 51.2 Å². The molecule has 9 aliphatic rings. The van der Waals surface area contributed by atoms with Crippen molar-refractivity contribution in [3.05, 3.63) is 0 Å². The number of morpholine rings is 1. The first-order valence-corrected chi connectivity index (χ1v) is 21.5. The molecule has 294 valence electrons. The maximum atomic E-state index is 13.0. The molecule has 4 aliphatic heterocycles. The van der Waals surface area contributed by atoms with Crippen molar-refractivity contribution >= 4 is 6.09 Å². The number of likely N-dealkylation sites (tertiary alicyclic amines) is 2. The molecule has 5 saturated carbocycles. The zero-order valence-electron chi connectivity index (χ0n) is 33.2. The molecule has 10 nitrogen and oxygen atoms in total. The molecule has 2 spiro atoms. The minimum Gasteiger partial charge on any atom is -0.443 e. The fourth-order valence-corrected chi connectivity index (χ4v) is 14.8. The third-order valence-corrected chi connectivity index (χ3v) is 17.7. The molecule has 10 heteroatoms. The lowest BCUT2D eigenvalue weighted by Crippen LogP contribution is -2.70. The lowest BCUT2D eigenvalue weighted by atomic mass is 9.43. The van der Waals surface area contributed by atoms with Gasteiger partial charge in [-0.25, -0.2) is 4.79 Å². The molecule has 4 saturated heterocycles. The summed E-state index contributed by atoms with van der Waals surface area (Å²) in [7, 11) is 0. The lowest BCUT2D eigenvalue weighted by Gasteiger charge is -2.63. The summed E-state index contributed by atoms with van der Waals surface area (Å²) < 4.78 is 26.4. The van der Waals surface area contributed by atoms with Gasteiger partial charge in [-0.1, -0.05) is 41.5 Å². The summed E-state index contributed by atoms with van der Waals surface area (Å²) >= 11 is 0. The molecule has 0 bridgehead atoms. The molecule has 0 radical (unpaired) electrons. The van der Waals surface area contributed by atoms with Gasteiger partial charge >= 0.3 is 6.09 Å². The van der Waals surface area contributed by atoms with E-state index < -0.39 is 11.6 Å². The largest absolute Gasteiger partial charge is 0.443 e. The van der Waals surface area contributed by atoms with Gasteiger partial charge in [0, 0.05) is 39.3 Å². The summed E-state index contributed by atoms with van der Waals surface area (Å²) in [5, 5.41) is 12.6. The number of ether oxygens (including phenoxy) is 4. The van der Waals surface area contributed by atoms with Crippen LogP contribution in [-0.4, -0.2) is 127 Å². The number of nitrogens with two attached hydrogens (primary N) is 1. The monoisotopic (exact) mass is 727 g/mol. The van der Waals surface area contributed by atoms with E-state index in [1.807, 2.05) is 0 Å². The highest BCUT2D eigenvalue weighted by Crippen LogP contribution is 2.87. The average molecular weight is 727 g/mol. The van der Waals surface area contributed by atoms with E-state index in [1.165, 1.54) is 38.8 Å². The quantitative estimate of drug-likeness (QED) is 0.353. The zero-order chi connectivity index (χ0) is 36.4. The average Bonchev–Trinajstić information content (AvgIpc) is 3.68. The van der Waals surface area contributed by atoms with Crippen LogP contribution in [0.1, 0.15) is 106 Å². The molecule has 52 heavy (non-hydrogen) atoms. The number of rotatable bonds is 8. The third kappa shape index (κ3) is 5.15. The Kier molecular flexibility index (Phi) is 8.98. The zero-order valence-corrected chi connectivity index (χ0v) is 33.2. The third-order valence-electron chi connectivity index (χ3n) is 17.7. The van der Waals surface area contributed by atoms with E-state index in [0.717, 1.165) is 84.4 Å². The van der Waals surface area contributed by atoms with Crippen LogP contribution in [0.25, 0.3) is 0 Å². The summed E-state index contributed by atoms with van der Waals surface area (Å²) in [6.45, 7) is 22.9. The Labute approximate surface area is 313 Å². The van der Waals surface area contributed by atoms with Crippen molar-refractivity contribution in [2.24, 2.45) is 57.0 Å². The summed E-state index contributed by atoms with van der Waals surface area (Å²) in [6.07, 6.45) is 9.35. The van der Waals surface area contributed by atoms with Crippen LogP contribution in [-0.2, 0) is 18.9 Å². The van der Waals surface area contributed by atoms with Crippen molar-refractivity contribution in [3.63, 3.8) is 0 Å². The van der Waals surface area contributed by atoms with Crippen molar-refractivity contribution in [1.29, 1.82) is 0 Å². The van der Waals surface area contributed by atoms with Crippen LogP contribution in [0.15, 0.2) is 0 Å². The van der Waals surface area contributed by atoms with Gasteiger partial charge < -0.3 is 39.6 Å². The SMILES string of the molecule is CC(C)C(OC(=O)N1CCC1)C1CC(C)C2C(O1)C(O)C1(N)C3CCC4C(C)(C)C(OC5CN(CCN6CCC6)CCO5)CCC45CC35CCC21C. The number of hydrogen-bond donors (Lipinski definition) is 2. The minimum atomic E-state index is -0.733. The van der Waals surface area contributed by atoms with Gasteiger partial charge in [-0.2, -0.15) is 0 Å². The maximum Gasteiger partial charge on any atom is 0.410 e. The van der Waals surface area contributed by atoms with Crippen LogP contribution < -0.4 is 5.73 Å². The van der Waals surface area contributed by atoms with Gasteiger partial charge in [-0.15, -0.1) is 0 Å².